The van der Waals surface area contributed by atoms with E-state index in [1.165, 1.54) is 81.0 Å². The zero-order valence-corrected chi connectivity index (χ0v) is 31.0. The van der Waals surface area contributed by atoms with E-state index in [0.717, 1.165) is 34.8 Å². The van der Waals surface area contributed by atoms with E-state index in [1.807, 2.05) is 0 Å². The van der Waals surface area contributed by atoms with Crippen LogP contribution >= 0.6 is 0 Å². The first kappa shape index (κ1) is 32.3. The highest BCUT2D eigenvalue weighted by Crippen LogP contribution is 2.70. The van der Waals surface area contributed by atoms with Crippen LogP contribution in [0.25, 0.3) is 55.3 Å². The number of hydrogen-bond donors (Lipinski definition) is 0. The lowest BCUT2D eigenvalue weighted by Crippen LogP contribution is -2.24. The molecule has 264 valence electrons. The van der Waals surface area contributed by atoms with Crippen LogP contribution in [-0.4, -0.2) is 0 Å². The van der Waals surface area contributed by atoms with Crippen molar-refractivity contribution >= 4 is 27.8 Å². The summed E-state index contributed by atoms with van der Waals surface area (Å²) in [4.78, 5) is 2.36. The summed E-state index contributed by atoms with van der Waals surface area (Å²) in [7, 11) is 0. The number of anilines is 3. The second-order valence-corrected chi connectivity index (χ2v) is 16.3. The Bertz CT molecular complexity index is 2530. The molecule has 4 aliphatic carbocycles. The first-order valence-corrected chi connectivity index (χ1v) is 20.0. The molecule has 0 aliphatic heterocycles. The Morgan fingerprint density at radius 2 is 0.836 bits per heavy atom. The van der Waals surface area contributed by atoms with Crippen LogP contribution in [0.3, 0.4) is 0 Å². The number of nitrogens with zero attached hydrogens (tertiary/aromatic N) is 1. The van der Waals surface area contributed by atoms with Crippen molar-refractivity contribution in [2.24, 2.45) is 17.8 Å². The fourth-order valence-electron chi connectivity index (χ4n) is 10.8. The molecule has 4 fully saturated rings. The Morgan fingerprint density at radius 3 is 1.33 bits per heavy atom. The summed E-state index contributed by atoms with van der Waals surface area (Å²) in [6, 6.07) is 71.6. The highest BCUT2D eigenvalue weighted by molar-refractivity contribution is 5.99. The average Bonchev–Trinajstić information content (AvgIpc) is 4.03. The van der Waals surface area contributed by atoms with Gasteiger partial charge in [-0.2, -0.15) is 0 Å². The van der Waals surface area contributed by atoms with Crippen LogP contribution in [0, 0.1) is 17.8 Å². The molecule has 1 nitrogen and oxygen atoms in total. The topological polar surface area (TPSA) is 3.24 Å². The summed E-state index contributed by atoms with van der Waals surface area (Å²) in [5, 5.41) is 2.58. The van der Waals surface area contributed by atoms with Crippen molar-refractivity contribution in [1.82, 2.24) is 0 Å². The fourth-order valence-corrected chi connectivity index (χ4v) is 10.8. The summed E-state index contributed by atoms with van der Waals surface area (Å²) >= 11 is 0. The maximum absolute atomic E-state index is 2.47. The molecule has 12 rings (SSSR count). The summed E-state index contributed by atoms with van der Waals surface area (Å²) < 4.78 is 0. The van der Waals surface area contributed by atoms with Crippen LogP contribution in [0.15, 0.2) is 194 Å². The molecule has 0 N–H and O–H groups in total. The van der Waals surface area contributed by atoms with Gasteiger partial charge in [0.05, 0.1) is 0 Å². The third-order valence-corrected chi connectivity index (χ3v) is 13.5. The molecule has 0 radical (unpaired) electrons. The molecule has 4 aliphatic rings. The molecule has 2 atom stereocenters. The zero-order chi connectivity index (χ0) is 36.3. The molecule has 0 heterocycles. The molecule has 0 amide bonds. The van der Waals surface area contributed by atoms with Gasteiger partial charge in [0.2, 0.25) is 0 Å². The summed E-state index contributed by atoms with van der Waals surface area (Å²) in [6.45, 7) is 0. The normalized spacial score (nSPS) is 20.7. The average molecular weight is 706 g/mol. The van der Waals surface area contributed by atoms with Crippen molar-refractivity contribution in [1.29, 1.82) is 0 Å². The summed E-state index contributed by atoms with van der Waals surface area (Å²) in [6.07, 6.45) is 5.80. The van der Waals surface area contributed by atoms with Gasteiger partial charge in [-0.1, -0.05) is 152 Å². The maximum atomic E-state index is 2.47. The lowest BCUT2D eigenvalue weighted by Gasteiger charge is -2.29. The van der Waals surface area contributed by atoms with E-state index < -0.39 is 0 Å². The van der Waals surface area contributed by atoms with Crippen molar-refractivity contribution in [3.05, 3.63) is 200 Å². The highest BCUT2D eigenvalue weighted by Gasteiger charge is 2.63. The van der Waals surface area contributed by atoms with E-state index in [0.29, 0.717) is 5.41 Å². The van der Waals surface area contributed by atoms with Crippen molar-refractivity contribution in [2.45, 2.75) is 31.1 Å². The van der Waals surface area contributed by atoms with Crippen LogP contribution in [0.2, 0.25) is 0 Å². The van der Waals surface area contributed by atoms with Crippen LogP contribution in [-0.2, 0) is 5.41 Å². The molecular formula is C54H43N. The quantitative estimate of drug-likeness (QED) is 0.152. The van der Waals surface area contributed by atoms with Crippen LogP contribution < -0.4 is 4.90 Å². The van der Waals surface area contributed by atoms with Gasteiger partial charge in [-0.25, -0.2) is 0 Å². The Hall–Kier alpha value is -6.18. The Balaban J connectivity index is 0.921. The van der Waals surface area contributed by atoms with Crippen molar-refractivity contribution in [3.63, 3.8) is 0 Å². The fraction of sp³-hybridized carbons (Fsp3) is 0.148. The van der Waals surface area contributed by atoms with E-state index in [1.54, 1.807) is 5.56 Å². The van der Waals surface area contributed by atoms with Crippen molar-refractivity contribution < 1.29 is 0 Å². The zero-order valence-electron chi connectivity index (χ0n) is 31.0. The van der Waals surface area contributed by atoms with Crippen LogP contribution in [0.1, 0.15) is 31.2 Å². The number of benzene rings is 8. The predicted molar refractivity (Wildman–Crippen MR) is 231 cm³/mol. The molecule has 8 aromatic carbocycles. The summed E-state index contributed by atoms with van der Waals surface area (Å²) in [5.41, 5.74) is 15.4. The molecule has 1 heteroatoms. The molecule has 0 spiro atoms. The first-order valence-electron chi connectivity index (χ1n) is 20.0. The smallest absolute Gasteiger partial charge is 0.0462 e. The molecule has 4 bridgehead atoms. The van der Waals surface area contributed by atoms with Crippen molar-refractivity contribution in [3.8, 4) is 44.5 Å². The van der Waals surface area contributed by atoms with E-state index in [-0.39, 0.29) is 0 Å². The van der Waals surface area contributed by atoms with Crippen LogP contribution in [0.4, 0.5) is 17.1 Å². The lowest BCUT2D eigenvalue weighted by atomic mass is 9.74. The second-order valence-electron chi connectivity index (χ2n) is 16.3. The van der Waals surface area contributed by atoms with Crippen LogP contribution in [0.5, 0.6) is 0 Å². The van der Waals surface area contributed by atoms with E-state index in [2.05, 4.69) is 199 Å². The number of rotatable bonds is 8. The lowest BCUT2D eigenvalue weighted by molar-refractivity contribution is 0.371. The SMILES string of the molecule is c1ccc(-c2ccc(N(c3ccc(-c4ccccc4)cc3)c3ccc(-c4ccc5cccc(-c6ccc(C78CC9CC7CC9C8)cc6)c5c4)cc3)cc2)cc1. The molecule has 0 aromatic heterocycles. The van der Waals surface area contributed by atoms with Gasteiger partial charge in [-0.3, -0.25) is 0 Å². The maximum Gasteiger partial charge on any atom is 0.0462 e. The Labute approximate surface area is 324 Å². The number of hydrogen-bond acceptors (Lipinski definition) is 1. The molecular weight excluding hydrogens is 663 g/mol. The van der Waals surface area contributed by atoms with Gasteiger partial charge in [-0.05, 0) is 152 Å². The molecule has 8 aromatic rings. The Kier molecular flexibility index (Phi) is 7.62. The first-order chi connectivity index (χ1) is 27.2. The predicted octanol–water partition coefficient (Wildman–Crippen LogP) is 14.7. The van der Waals surface area contributed by atoms with Gasteiger partial charge in [0.15, 0.2) is 0 Å². The molecule has 0 saturated heterocycles. The van der Waals surface area contributed by atoms with Gasteiger partial charge in [-0.15, -0.1) is 0 Å². The van der Waals surface area contributed by atoms with Crippen molar-refractivity contribution in [2.75, 3.05) is 4.90 Å². The standard InChI is InChI=1S/C54H43N/c1-3-8-37(9-4-1)39-18-26-49(27-19-39)55(50-28-20-40(21-29-50)38-10-5-2-6-11-38)51-30-22-41(23-31-51)44-15-14-42-12-7-13-52(53(42)34-44)43-16-24-47(25-17-43)54-35-45-32-48(54)33-46(45)36-54/h1-31,34,45-46,48H,32-33,35-36H2. The minimum absolute atomic E-state index is 0.471. The van der Waals surface area contributed by atoms with E-state index >= 15 is 0 Å². The highest BCUT2D eigenvalue weighted by atomic mass is 15.1. The third kappa shape index (κ3) is 5.52. The van der Waals surface area contributed by atoms with E-state index in [9.17, 15) is 0 Å². The third-order valence-electron chi connectivity index (χ3n) is 13.5. The Morgan fingerprint density at radius 1 is 0.382 bits per heavy atom. The van der Waals surface area contributed by atoms with Gasteiger partial charge < -0.3 is 4.90 Å². The van der Waals surface area contributed by atoms with Gasteiger partial charge in [0, 0.05) is 17.1 Å². The molecule has 55 heavy (non-hydrogen) atoms. The van der Waals surface area contributed by atoms with Gasteiger partial charge in [0.1, 0.15) is 0 Å². The molecule has 2 unspecified atom stereocenters. The minimum Gasteiger partial charge on any atom is -0.311 e. The second kappa shape index (κ2) is 13.0. The van der Waals surface area contributed by atoms with Gasteiger partial charge >= 0.3 is 0 Å². The number of fused-ring (bicyclic) bond motifs is 1. The largest absolute Gasteiger partial charge is 0.311 e. The van der Waals surface area contributed by atoms with Gasteiger partial charge in [0.25, 0.3) is 0 Å². The summed E-state index contributed by atoms with van der Waals surface area (Å²) in [5.74, 6) is 2.92. The molecule has 4 saturated carbocycles. The van der Waals surface area contributed by atoms with E-state index in [4.69, 9.17) is 0 Å². The minimum atomic E-state index is 0.471. The monoisotopic (exact) mass is 705 g/mol.